The molecule has 4 heterocycles. The van der Waals surface area contributed by atoms with Crippen LogP contribution in [0.15, 0.2) is 61.2 Å². The van der Waals surface area contributed by atoms with Crippen molar-refractivity contribution < 1.29 is 9.53 Å². The molecule has 1 fully saturated rings. The van der Waals surface area contributed by atoms with Crippen molar-refractivity contribution in [3.63, 3.8) is 0 Å². The van der Waals surface area contributed by atoms with Gasteiger partial charge in [0.1, 0.15) is 11.3 Å². The zero-order valence-electron chi connectivity index (χ0n) is 20.6. The second-order valence-electron chi connectivity index (χ2n) is 9.12. The number of rotatable bonds is 8. The Bertz CT molecular complexity index is 1350. The second-order valence-corrected chi connectivity index (χ2v) is 9.12. The minimum absolute atomic E-state index is 0.0361. The number of fused-ring (bicyclic) bond motifs is 1. The molecule has 4 aromatic rings. The molecule has 1 aromatic carbocycles. The van der Waals surface area contributed by atoms with Crippen molar-refractivity contribution >= 4 is 28.6 Å². The highest BCUT2D eigenvalue weighted by atomic mass is 16.5. The lowest BCUT2D eigenvalue weighted by Gasteiger charge is -2.26. The summed E-state index contributed by atoms with van der Waals surface area (Å²) in [5.41, 5.74) is 4.98. The number of anilines is 2. The molecule has 1 atom stereocenters. The van der Waals surface area contributed by atoms with Crippen LogP contribution in [0.3, 0.4) is 0 Å². The minimum atomic E-state index is -0.182. The van der Waals surface area contributed by atoms with E-state index < -0.39 is 0 Å². The first-order valence-corrected chi connectivity index (χ1v) is 12.3. The number of carbonyl (C=O) groups is 1. The van der Waals surface area contributed by atoms with Crippen molar-refractivity contribution in [2.75, 3.05) is 43.5 Å². The van der Waals surface area contributed by atoms with Gasteiger partial charge in [-0.05, 0) is 49.2 Å². The Morgan fingerprint density at radius 2 is 1.97 bits per heavy atom. The minimum Gasteiger partial charge on any atom is -0.379 e. The lowest BCUT2D eigenvalue weighted by Crippen LogP contribution is -2.38. The summed E-state index contributed by atoms with van der Waals surface area (Å²) >= 11 is 0. The van der Waals surface area contributed by atoms with E-state index in [4.69, 9.17) is 9.72 Å². The Morgan fingerprint density at radius 3 is 2.81 bits per heavy atom. The van der Waals surface area contributed by atoms with E-state index in [1.165, 1.54) is 0 Å². The number of carbonyl (C=O) groups excluding carboxylic acids is 1. The summed E-state index contributed by atoms with van der Waals surface area (Å²) in [6.45, 7) is 9.33. The van der Waals surface area contributed by atoms with Gasteiger partial charge in [-0.1, -0.05) is 12.1 Å². The highest BCUT2D eigenvalue weighted by Gasteiger charge is 2.14. The highest BCUT2D eigenvalue weighted by molar-refractivity contribution is 6.04. The summed E-state index contributed by atoms with van der Waals surface area (Å²) in [7, 11) is 0. The molecular weight excluding hydrogens is 454 g/mol. The lowest BCUT2D eigenvalue weighted by atomic mass is 10.1. The molecule has 0 radical (unpaired) electrons. The van der Waals surface area contributed by atoms with Crippen LogP contribution in [0.5, 0.6) is 0 Å². The Hall–Kier alpha value is -3.82. The quantitative estimate of drug-likeness (QED) is 0.391. The van der Waals surface area contributed by atoms with E-state index in [-0.39, 0.29) is 11.9 Å². The van der Waals surface area contributed by atoms with E-state index in [0.717, 1.165) is 67.4 Å². The molecule has 0 saturated carbocycles. The average molecular weight is 486 g/mol. The molecule has 9 nitrogen and oxygen atoms in total. The molecule has 36 heavy (non-hydrogen) atoms. The number of nitrogens with zero attached hydrogens (tertiary/aromatic N) is 5. The molecule has 1 aliphatic heterocycles. The standard InChI is InChI=1S/C27H31N7O2/c1-19-14-22(17-28-16-19)27(35)31-23-5-3-4-21(15-23)20(2)30-25-18-29-24-6-7-34(26(24)32-25)9-8-33-10-12-36-13-11-33/h3-7,14-18,20H,8-13H2,1-2H3,(H,30,32)(H,31,35)/t20-/m0/s1. The SMILES string of the molecule is Cc1cncc(C(=O)Nc2cccc([C@H](C)Nc3cnc4ccn(CCN5CCOCC5)c4n3)c2)c1. The number of aryl methyl sites for hydroxylation is 1. The largest absolute Gasteiger partial charge is 0.379 e. The normalized spacial score (nSPS) is 15.1. The Labute approximate surface area is 210 Å². The fourth-order valence-electron chi connectivity index (χ4n) is 4.35. The molecule has 1 aliphatic rings. The number of benzene rings is 1. The second kappa shape index (κ2) is 10.8. The third kappa shape index (κ3) is 5.69. The van der Waals surface area contributed by atoms with Crippen LogP contribution in [0.1, 0.15) is 34.5 Å². The summed E-state index contributed by atoms with van der Waals surface area (Å²) in [4.78, 5) is 28.6. The van der Waals surface area contributed by atoms with Crippen LogP contribution in [0.25, 0.3) is 11.2 Å². The van der Waals surface area contributed by atoms with Crippen LogP contribution in [0, 0.1) is 6.92 Å². The maximum Gasteiger partial charge on any atom is 0.257 e. The molecule has 3 aromatic heterocycles. The van der Waals surface area contributed by atoms with Gasteiger partial charge in [-0.3, -0.25) is 14.7 Å². The smallest absolute Gasteiger partial charge is 0.257 e. The predicted octanol–water partition coefficient (Wildman–Crippen LogP) is 3.89. The van der Waals surface area contributed by atoms with Crippen molar-refractivity contribution in [1.29, 1.82) is 0 Å². The van der Waals surface area contributed by atoms with E-state index in [1.54, 1.807) is 18.6 Å². The third-order valence-electron chi connectivity index (χ3n) is 6.37. The van der Waals surface area contributed by atoms with Crippen molar-refractivity contribution in [3.05, 3.63) is 77.9 Å². The van der Waals surface area contributed by atoms with Gasteiger partial charge in [0.2, 0.25) is 0 Å². The van der Waals surface area contributed by atoms with Crippen LogP contribution < -0.4 is 10.6 Å². The van der Waals surface area contributed by atoms with Gasteiger partial charge in [-0.25, -0.2) is 9.97 Å². The summed E-state index contributed by atoms with van der Waals surface area (Å²) in [5.74, 6) is 0.528. The molecule has 186 valence electrons. The zero-order valence-corrected chi connectivity index (χ0v) is 20.6. The maximum atomic E-state index is 12.6. The van der Waals surface area contributed by atoms with Crippen LogP contribution in [-0.2, 0) is 11.3 Å². The first kappa shape index (κ1) is 23.9. The molecule has 9 heteroatoms. The Kier molecular flexibility index (Phi) is 7.20. The molecule has 2 N–H and O–H groups in total. The van der Waals surface area contributed by atoms with Crippen LogP contribution >= 0.6 is 0 Å². The van der Waals surface area contributed by atoms with Gasteiger partial charge in [-0.15, -0.1) is 0 Å². The number of ether oxygens (including phenoxy) is 1. The number of hydrogen-bond acceptors (Lipinski definition) is 7. The fourth-order valence-corrected chi connectivity index (χ4v) is 4.35. The first-order chi connectivity index (χ1) is 17.5. The van der Waals surface area contributed by atoms with Crippen LogP contribution in [0.4, 0.5) is 11.5 Å². The van der Waals surface area contributed by atoms with Crippen molar-refractivity contribution in [2.45, 2.75) is 26.4 Å². The number of aromatic nitrogens is 4. The van der Waals surface area contributed by atoms with Gasteiger partial charge in [0.15, 0.2) is 5.65 Å². The van der Waals surface area contributed by atoms with Crippen LogP contribution in [-0.4, -0.2) is 63.2 Å². The molecule has 1 amide bonds. The lowest BCUT2D eigenvalue weighted by molar-refractivity contribution is 0.0365. The summed E-state index contributed by atoms with van der Waals surface area (Å²) in [5, 5.41) is 6.42. The predicted molar refractivity (Wildman–Crippen MR) is 140 cm³/mol. The molecule has 0 spiro atoms. The van der Waals surface area contributed by atoms with Gasteiger partial charge in [0.25, 0.3) is 5.91 Å². The molecule has 5 rings (SSSR count). The van der Waals surface area contributed by atoms with E-state index in [0.29, 0.717) is 11.4 Å². The van der Waals surface area contributed by atoms with Crippen molar-refractivity contribution in [3.8, 4) is 0 Å². The Balaban J connectivity index is 1.25. The summed E-state index contributed by atoms with van der Waals surface area (Å²) in [6, 6.07) is 11.6. The molecule has 0 unspecified atom stereocenters. The van der Waals surface area contributed by atoms with Gasteiger partial charge in [-0.2, -0.15) is 0 Å². The fraction of sp³-hybridized carbons (Fsp3) is 0.333. The number of morpholine rings is 1. The maximum absolute atomic E-state index is 12.6. The summed E-state index contributed by atoms with van der Waals surface area (Å²) < 4.78 is 7.60. The summed E-state index contributed by atoms with van der Waals surface area (Å²) in [6.07, 6.45) is 7.11. The average Bonchev–Trinajstić information content (AvgIpc) is 3.30. The van der Waals surface area contributed by atoms with E-state index in [1.807, 2.05) is 49.5 Å². The van der Waals surface area contributed by atoms with Gasteiger partial charge >= 0.3 is 0 Å². The number of nitrogens with one attached hydrogen (secondary N) is 2. The molecular formula is C27H31N7O2. The topological polar surface area (TPSA) is 97.2 Å². The third-order valence-corrected chi connectivity index (χ3v) is 6.37. The van der Waals surface area contributed by atoms with E-state index in [2.05, 4.69) is 37.0 Å². The number of pyridine rings is 1. The number of hydrogen-bond donors (Lipinski definition) is 2. The van der Waals surface area contributed by atoms with Gasteiger partial charge < -0.3 is 19.9 Å². The van der Waals surface area contributed by atoms with Gasteiger partial charge in [0, 0.05) is 50.5 Å². The molecule has 0 bridgehead atoms. The molecule has 1 saturated heterocycles. The van der Waals surface area contributed by atoms with Gasteiger partial charge in [0.05, 0.1) is 31.0 Å². The monoisotopic (exact) mass is 485 g/mol. The van der Waals surface area contributed by atoms with E-state index in [9.17, 15) is 4.79 Å². The Morgan fingerprint density at radius 1 is 1.11 bits per heavy atom. The van der Waals surface area contributed by atoms with E-state index >= 15 is 0 Å². The molecule has 0 aliphatic carbocycles. The highest BCUT2D eigenvalue weighted by Crippen LogP contribution is 2.23. The van der Waals surface area contributed by atoms with Crippen molar-refractivity contribution in [2.24, 2.45) is 0 Å². The first-order valence-electron chi connectivity index (χ1n) is 12.3. The number of amides is 1. The van der Waals surface area contributed by atoms with Crippen LogP contribution in [0.2, 0.25) is 0 Å². The van der Waals surface area contributed by atoms with Crippen molar-refractivity contribution in [1.82, 2.24) is 24.4 Å². The zero-order chi connectivity index (χ0) is 24.9.